The molecule has 1 saturated heterocycles. The summed E-state index contributed by atoms with van der Waals surface area (Å²) >= 11 is 0. The minimum Gasteiger partial charge on any atom is -0.379 e. The summed E-state index contributed by atoms with van der Waals surface area (Å²) in [7, 11) is 4.36. The molecule has 3 rings (SSSR count). The smallest absolute Gasteiger partial charge is 0.0623 e. The summed E-state index contributed by atoms with van der Waals surface area (Å²) in [6, 6.07) is 0.562. The third-order valence-electron chi connectivity index (χ3n) is 5.55. The largest absolute Gasteiger partial charge is 0.379 e. The lowest BCUT2D eigenvalue weighted by Crippen LogP contribution is -2.40. The minimum atomic E-state index is 0.562. The van der Waals surface area contributed by atoms with Crippen LogP contribution in [0.5, 0.6) is 0 Å². The van der Waals surface area contributed by atoms with Gasteiger partial charge in [0.05, 0.1) is 13.2 Å². The maximum atomic E-state index is 5.59. The highest BCUT2D eigenvalue weighted by atomic mass is 16.5. The van der Waals surface area contributed by atoms with E-state index in [1.165, 1.54) is 38.8 Å². The Labute approximate surface area is 111 Å². The zero-order valence-corrected chi connectivity index (χ0v) is 11.9. The zero-order chi connectivity index (χ0) is 12.5. The van der Waals surface area contributed by atoms with Crippen molar-refractivity contribution in [2.45, 2.75) is 31.7 Å². The molecule has 0 amide bonds. The Morgan fingerprint density at radius 3 is 2.61 bits per heavy atom. The fraction of sp³-hybridized carbons (Fsp3) is 1.00. The van der Waals surface area contributed by atoms with E-state index in [0.29, 0.717) is 12.0 Å². The Balaban J connectivity index is 1.45. The summed E-state index contributed by atoms with van der Waals surface area (Å²) in [4.78, 5) is 2.56. The summed E-state index contributed by atoms with van der Waals surface area (Å²) < 4.78 is 5.59. The van der Waals surface area contributed by atoms with Crippen LogP contribution in [0.25, 0.3) is 0 Å². The maximum absolute atomic E-state index is 5.59. The molecule has 1 aliphatic heterocycles. The molecule has 2 bridgehead atoms. The summed E-state index contributed by atoms with van der Waals surface area (Å²) in [5.41, 5.74) is 0. The van der Waals surface area contributed by atoms with E-state index < -0.39 is 0 Å². The quantitative estimate of drug-likeness (QED) is 0.804. The Kier molecular flexibility index (Phi) is 3.92. The lowest BCUT2D eigenvalue weighted by atomic mass is 9.88. The van der Waals surface area contributed by atoms with Crippen molar-refractivity contribution in [3.63, 3.8) is 0 Å². The number of hydrogen-bond donors (Lipinski definition) is 1. The average Bonchev–Trinajstić information content (AvgIpc) is 3.04. The average molecular weight is 252 g/mol. The molecule has 18 heavy (non-hydrogen) atoms. The number of nitrogens with zero attached hydrogens (tertiary/aromatic N) is 1. The zero-order valence-electron chi connectivity index (χ0n) is 11.9. The van der Waals surface area contributed by atoms with Crippen molar-refractivity contribution >= 4 is 0 Å². The van der Waals surface area contributed by atoms with Gasteiger partial charge in [-0.1, -0.05) is 6.42 Å². The van der Waals surface area contributed by atoms with Gasteiger partial charge in [-0.2, -0.15) is 0 Å². The molecular weight excluding hydrogens is 224 g/mol. The number of likely N-dealkylation sites (N-methyl/N-ethyl adjacent to an activating group) is 1. The molecule has 3 aliphatic rings. The molecule has 2 saturated carbocycles. The van der Waals surface area contributed by atoms with E-state index in [-0.39, 0.29) is 0 Å². The maximum Gasteiger partial charge on any atom is 0.0623 e. The van der Waals surface area contributed by atoms with Crippen LogP contribution in [0, 0.1) is 23.7 Å². The predicted molar refractivity (Wildman–Crippen MR) is 73.6 cm³/mol. The highest BCUT2D eigenvalue weighted by molar-refractivity contribution is 4.91. The van der Waals surface area contributed by atoms with Crippen molar-refractivity contribution in [3.8, 4) is 0 Å². The number of rotatable bonds is 5. The molecular formula is C15H28N2O. The van der Waals surface area contributed by atoms with Crippen LogP contribution in [0.1, 0.15) is 25.7 Å². The molecule has 0 aromatic carbocycles. The molecule has 0 radical (unpaired) electrons. The fourth-order valence-electron chi connectivity index (χ4n) is 4.57. The van der Waals surface area contributed by atoms with Crippen LogP contribution in [0.4, 0.5) is 0 Å². The molecule has 3 heteroatoms. The van der Waals surface area contributed by atoms with Crippen LogP contribution in [-0.4, -0.2) is 51.3 Å². The van der Waals surface area contributed by atoms with Crippen molar-refractivity contribution in [1.82, 2.24) is 10.2 Å². The van der Waals surface area contributed by atoms with Crippen LogP contribution >= 0.6 is 0 Å². The minimum absolute atomic E-state index is 0.562. The third kappa shape index (κ3) is 2.59. The Bertz CT molecular complexity index is 276. The first-order valence-electron chi connectivity index (χ1n) is 7.69. The van der Waals surface area contributed by atoms with Gasteiger partial charge in [0.1, 0.15) is 0 Å². The molecule has 5 unspecified atom stereocenters. The summed E-state index contributed by atoms with van der Waals surface area (Å²) in [5.74, 6) is 3.80. The standard InChI is InChI=1S/C15H28N2O/c1-16-15-10-18-9-14(15)8-17(2)7-13-6-11-3-4-12(13)5-11/h11-16H,3-10H2,1-2H3. The lowest BCUT2D eigenvalue weighted by molar-refractivity contribution is 0.161. The molecule has 0 aromatic rings. The molecule has 5 atom stereocenters. The van der Waals surface area contributed by atoms with Crippen molar-refractivity contribution in [3.05, 3.63) is 0 Å². The topological polar surface area (TPSA) is 24.5 Å². The number of fused-ring (bicyclic) bond motifs is 2. The van der Waals surface area contributed by atoms with E-state index >= 15 is 0 Å². The molecule has 2 aliphatic carbocycles. The van der Waals surface area contributed by atoms with Crippen LogP contribution in [0.3, 0.4) is 0 Å². The van der Waals surface area contributed by atoms with Crippen LogP contribution in [0.2, 0.25) is 0 Å². The van der Waals surface area contributed by atoms with Gasteiger partial charge in [0.15, 0.2) is 0 Å². The summed E-state index contributed by atoms with van der Waals surface area (Å²) in [6.07, 6.45) is 6.06. The van der Waals surface area contributed by atoms with Gasteiger partial charge < -0.3 is 15.0 Å². The van der Waals surface area contributed by atoms with E-state index in [0.717, 1.165) is 31.0 Å². The number of nitrogens with one attached hydrogen (secondary N) is 1. The first kappa shape index (κ1) is 12.9. The van der Waals surface area contributed by atoms with E-state index in [9.17, 15) is 0 Å². The van der Waals surface area contributed by atoms with Crippen LogP contribution < -0.4 is 5.32 Å². The highest BCUT2D eigenvalue weighted by Crippen LogP contribution is 2.48. The second kappa shape index (κ2) is 5.48. The number of ether oxygens (including phenoxy) is 1. The van der Waals surface area contributed by atoms with Gasteiger partial charge in [-0.05, 0) is 51.1 Å². The van der Waals surface area contributed by atoms with Gasteiger partial charge in [-0.3, -0.25) is 0 Å². The fourth-order valence-corrected chi connectivity index (χ4v) is 4.57. The van der Waals surface area contributed by atoms with E-state index in [1.54, 1.807) is 0 Å². The SMILES string of the molecule is CNC1COCC1CN(C)CC1CC2CCC1C2. The third-order valence-corrected chi connectivity index (χ3v) is 5.55. The van der Waals surface area contributed by atoms with Crippen molar-refractivity contribution in [1.29, 1.82) is 0 Å². The van der Waals surface area contributed by atoms with E-state index in [2.05, 4.69) is 24.3 Å². The molecule has 3 nitrogen and oxygen atoms in total. The lowest BCUT2D eigenvalue weighted by Gasteiger charge is -2.29. The Morgan fingerprint density at radius 1 is 1.11 bits per heavy atom. The molecule has 3 fully saturated rings. The van der Waals surface area contributed by atoms with Gasteiger partial charge >= 0.3 is 0 Å². The van der Waals surface area contributed by atoms with Gasteiger partial charge in [0.25, 0.3) is 0 Å². The summed E-state index contributed by atoms with van der Waals surface area (Å²) in [5, 5.41) is 3.39. The van der Waals surface area contributed by atoms with Crippen LogP contribution in [0.15, 0.2) is 0 Å². The Hall–Kier alpha value is -0.120. The van der Waals surface area contributed by atoms with E-state index in [4.69, 9.17) is 4.74 Å². The first-order chi connectivity index (χ1) is 8.76. The van der Waals surface area contributed by atoms with E-state index in [1.807, 2.05) is 0 Å². The summed E-state index contributed by atoms with van der Waals surface area (Å²) in [6.45, 7) is 4.34. The Morgan fingerprint density at radius 2 is 1.94 bits per heavy atom. The second-order valence-electron chi connectivity index (χ2n) is 6.85. The normalized spacial score (nSPS) is 43.2. The molecule has 0 spiro atoms. The van der Waals surface area contributed by atoms with Gasteiger partial charge in [0.2, 0.25) is 0 Å². The molecule has 1 N–H and O–H groups in total. The van der Waals surface area contributed by atoms with Gasteiger partial charge in [-0.25, -0.2) is 0 Å². The van der Waals surface area contributed by atoms with Gasteiger partial charge in [0, 0.05) is 25.0 Å². The second-order valence-corrected chi connectivity index (χ2v) is 6.85. The van der Waals surface area contributed by atoms with Crippen LogP contribution in [-0.2, 0) is 4.74 Å². The molecule has 0 aromatic heterocycles. The molecule has 1 heterocycles. The molecule has 104 valence electrons. The predicted octanol–water partition coefficient (Wildman–Crippen LogP) is 1.59. The van der Waals surface area contributed by atoms with Crippen molar-refractivity contribution in [2.24, 2.45) is 23.7 Å². The van der Waals surface area contributed by atoms with Gasteiger partial charge in [-0.15, -0.1) is 0 Å². The first-order valence-corrected chi connectivity index (χ1v) is 7.69. The monoisotopic (exact) mass is 252 g/mol. The number of hydrogen-bond acceptors (Lipinski definition) is 3. The van der Waals surface area contributed by atoms with Crippen molar-refractivity contribution < 1.29 is 4.74 Å². The highest BCUT2D eigenvalue weighted by Gasteiger charge is 2.40. The van der Waals surface area contributed by atoms with Crippen molar-refractivity contribution in [2.75, 3.05) is 40.4 Å².